The minimum absolute atomic E-state index is 0.248. The molecule has 32 heavy (non-hydrogen) atoms. The van der Waals surface area contributed by atoms with E-state index in [1.165, 1.54) is 0 Å². The lowest BCUT2D eigenvalue weighted by Gasteiger charge is -2.18. The van der Waals surface area contributed by atoms with Crippen molar-refractivity contribution in [3.8, 4) is 5.75 Å². The molecule has 0 aliphatic heterocycles. The van der Waals surface area contributed by atoms with Gasteiger partial charge in [-0.1, -0.05) is 72.3 Å². The third-order valence-corrected chi connectivity index (χ3v) is 4.85. The van der Waals surface area contributed by atoms with Gasteiger partial charge in [0.15, 0.2) is 12.7 Å². The first-order valence-electron chi connectivity index (χ1n) is 9.93. The number of para-hydroxylation sites is 1. The van der Waals surface area contributed by atoms with Gasteiger partial charge in [0.1, 0.15) is 12.3 Å². The van der Waals surface area contributed by atoms with Crippen molar-refractivity contribution in [2.24, 2.45) is 0 Å². The lowest BCUT2D eigenvalue weighted by molar-refractivity contribution is -0.147. The van der Waals surface area contributed by atoms with Gasteiger partial charge in [0.2, 0.25) is 5.78 Å². The molecule has 3 aromatic rings. The van der Waals surface area contributed by atoms with Crippen LogP contribution in [0.3, 0.4) is 0 Å². The topological polar surface area (TPSA) is 81.7 Å². The molecule has 0 radical (unpaired) electrons. The first-order valence-corrected chi connectivity index (χ1v) is 10.3. The van der Waals surface area contributed by atoms with Crippen LogP contribution in [0.1, 0.15) is 27.6 Å². The van der Waals surface area contributed by atoms with Crippen LogP contribution >= 0.6 is 11.6 Å². The summed E-state index contributed by atoms with van der Waals surface area (Å²) in [6, 6.07) is 22.3. The maximum Gasteiger partial charge on any atom is 0.326 e. The summed E-state index contributed by atoms with van der Waals surface area (Å²) in [7, 11) is 0. The average molecular weight is 452 g/mol. The van der Waals surface area contributed by atoms with Crippen LogP contribution in [-0.4, -0.2) is 30.8 Å². The minimum Gasteiger partial charge on any atom is -0.484 e. The SMILES string of the molecule is Cc1ccccc1OCC(=O)NCC(=O)OC(C(=O)c1ccccc1)c1ccc(Cl)cc1. The molecule has 0 spiro atoms. The molecule has 0 aliphatic rings. The number of benzene rings is 3. The Morgan fingerprint density at radius 2 is 1.56 bits per heavy atom. The van der Waals surface area contributed by atoms with Crippen LogP contribution in [0.2, 0.25) is 5.02 Å². The molecule has 164 valence electrons. The highest BCUT2D eigenvalue weighted by Gasteiger charge is 2.26. The van der Waals surface area contributed by atoms with E-state index in [1.54, 1.807) is 66.7 Å². The molecular formula is C25H22ClNO5. The molecule has 0 bridgehead atoms. The fourth-order valence-electron chi connectivity index (χ4n) is 2.92. The molecule has 1 N–H and O–H groups in total. The van der Waals surface area contributed by atoms with Gasteiger partial charge < -0.3 is 14.8 Å². The number of halogens is 1. The van der Waals surface area contributed by atoms with E-state index in [-0.39, 0.29) is 12.4 Å². The van der Waals surface area contributed by atoms with Crippen molar-refractivity contribution < 1.29 is 23.9 Å². The summed E-state index contributed by atoms with van der Waals surface area (Å²) in [5, 5.41) is 2.94. The highest BCUT2D eigenvalue weighted by atomic mass is 35.5. The molecule has 1 amide bonds. The van der Waals surface area contributed by atoms with Crippen LogP contribution in [0.15, 0.2) is 78.9 Å². The molecule has 0 saturated carbocycles. The van der Waals surface area contributed by atoms with Crippen molar-refractivity contribution in [2.75, 3.05) is 13.2 Å². The van der Waals surface area contributed by atoms with Crippen molar-refractivity contribution in [2.45, 2.75) is 13.0 Å². The van der Waals surface area contributed by atoms with Crippen LogP contribution in [0.25, 0.3) is 0 Å². The van der Waals surface area contributed by atoms with E-state index in [0.717, 1.165) is 5.56 Å². The van der Waals surface area contributed by atoms with Gasteiger partial charge >= 0.3 is 5.97 Å². The number of rotatable bonds is 9. The normalized spacial score (nSPS) is 11.3. The van der Waals surface area contributed by atoms with Gasteiger partial charge in [-0.15, -0.1) is 0 Å². The maximum absolute atomic E-state index is 13.0. The fraction of sp³-hybridized carbons (Fsp3) is 0.160. The second-order valence-electron chi connectivity index (χ2n) is 6.98. The molecule has 6 nitrogen and oxygen atoms in total. The Bertz CT molecular complexity index is 1080. The second kappa shape index (κ2) is 11.1. The van der Waals surface area contributed by atoms with Crippen molar-refractivity contribution in [3.05, 3.63) is 101 Å². The minimum atomic E-state index is -1.16. The van der Waals surface area contributed by atoms with Gasteiger partial charge in [0.05, 0.1) is 0 Å². The van der Waals surface area contributed by atoms with Crippen molar-refractivity contribution in [3.63, 3.8) is 0 Å². The molecule has 0 heterocycles. The zero-order chi connectivity index (χ0) is 22.9. The third-order valence-electron chi connectivity index (χ3n) is 4.60. The summed E-state index contributed by atoms with van der Waals surface area (Å²) in [5.41, 5.74) is 1.77. The lowest BCUT2D eigenvalue weighted by Crippen LogP contribution is -2.35. The maximum atomic E-state index is 13.0. The molecular weight excluding hydrogens is 430 g/mol. The van der Waals surface area contributed by atoms with E-state index in [2.05, 4.69) is 5.32 Å². The van der Waals surface area contributed by atoms with E-state index in [0.29, 0.717) is 21.9 Å². The number of aryl methyl sites for hydroxylation is 1. The highest BCUT2D eigenvalue weighted by Crippen LogP contribution is 2.24. The van der Waals surface area contributed by atoms with Gasteiger partial charge in [-0.2, -0.15) is 0 Å². The number of carbonyl (C=O) groups is 3. The number of ether oxygens (including phenoxy) is 2. The first kappa shape index (κ1) is 23.0. The lowest BCUT2D eigenvalue weighted by atomic mass is 10.00. The van der Waals surface area contributed by atoms with Gasteiger partial charge in [-0.3, -0.25) is 14.4 Å². The number of carbonyl (C=O) groups excluding carboxylic acids is 3. The highest BCUT2D eigenvalue weighted by molar-refractivity contribution is 6.30. The summed E-state index contributed by atoms with van der Waals surface area (Å²) < 4.78 is 10.9. The van der Waals surface area contributed by atoms with Crippen LogP contribution in [-0.2, 0) is 14.3 Å². The molecule has 1 unspecified atom stereocenters. The number of ketones is 1. The van der Waals surface area contributed by atoms with E-state index in [4.69, 9.17) is 21.1 Å². The fourth-order valence-corrected chi connectivity index (χ4v) is 3.05. The summed E-state index contributed by atoms with van der Waals surface area (Å²) in [6.07, 6.45) is -1.16. The predicted octanol–water partition coefficient (Wildman–Crippen LogP) is 4.31. The Morgan fingerprint density at radius 3 is 2.25 bits per heavy atom. The molecule has 0 saturated heterocycles. The smallest absolute Gasteiger partial charge is 0.326 e. The van der Waals surface area contributed by atoms with Crippen LogP contribution in [0.4, 0.5) is 0 Å². The van der Waals surface area contributed by atoms with Crippen molar-refractivity contribution in [1.82, 2.24) is 5.32 Å². The number of Topliss-reactive ketones (excluding diaryl/α,β-unsaturated/α-hetero) is 1. The molecule has 0 aliphatic carbocycles. The Balaban J connectivity index is 1.61. The van der Waals surface area contributed by atoms with Crippen molar-refractivity contribution >= 4 is 29.3 Å². The van der Waals surface area contributed by atoms with Crippen LogP contribution in [0, 0.1) is 6.92 Å². The molecule has 0 fully saturated rings. The number of nitrogens with one attached hydrogen (secondary N) is 1. The van der Waals surface area contributed by atoms with E-state index in [9.17, 15) is 14.4 Å². The Kier molecular flexibility index (Phi) is 8.00. The van der Waals surface area contributed by atoms with E-state index in [1.807, 2.05) is 19.1 Å². The van der Waals surface area contributed by atoms with Gasteiger partial charge in [0.25, 0.3) is 5.91 Å². The zero-order valence-corrected chi connectivity index (χ0v) is 18.2. The number of esters is 1. The Morgan fingerprint density at radius 1 is 0.906 bits per heavy atom. The summed E-state index contributed by atoms with van der Waals surface area (Å²) in [6.45, 7) is 1.22. The predicted molar refractivity (Wildman–Crippen MR) is 121 cm³/mol. The van der Waals surface area contributed by atoms with Gasteiger partial charge in [-0.05, 0) is 30.7 Å². The number of amides is 1. The van der Waals surface area contributed by atoms with E-state index >= 15 is 0 Å². The van der Waals surface area contributed by atoms with Crippen LogP contribution < -0.4 is 10.1 Å². The molecule has 3 aromatic carbocycles. The molecule has 0 aromatic heterocycles. The monoisotopic (exact) mass is 451 g/mol. The molecule has 7 heteroatoms. The quantitative estimate of drug-likeness (QED) is 0.387. The third kappa shape index (κ3) is 6.43. The molecule has 3 rings (SSSR count). The summed E-state index contributed by atoms with van der Waals surface area (Å²) in [5.74, 6) is -1.03. The summed E-state index contributed by atoms with van der Waals surface area (Å²) in [4.78, 5) is 37.4. The zero-order valence-electron chi connectivity index (χ0n) is 17.4. The van der Waals surface area contributed by atoms with Crippen molar-refractivity contribution in [1.29, 1.82) is 0 Å². The first-order chi connectivity index (χ1) is 15.4. The van der Waals surface area contributed by atoms with Crippen LogP contribution in [0.5, 0.6) is 5.75 Å². The Hall–Kier alpha value is -3.64. The molecule has 1 atom stereocenters. The average Bonchev–Trinajstić information content (AvgIpc) is 2.81. The van der Waals surface area contributed by atoms with Gasteiger partial charge in [0, 0.05) is 16.1 Å². The Labute approximate surface area is 191 Å². The largest absolute Gasteiger partial charge is 0.484 e. The summed E-state index contributed by atoms with van der Waals surface area (Å²) >= 11 is 5.93. The van der Waals surface area contributed by atoms with Gasteiger partial charge in [-0.25, -0.2) is 0 Å². The van der Waals surface area contributed by atoms with E-state index < -0.39 is 24.5 Å². The second-order valence-corrected chi connectivity index (χ2v) is 7.42. The number of hydrogen-bond acceptors (Lipinski definition) is 5. The standard InChI is InChI=1S/C25H22ClNO5/c1-17-7-5-6-10-21(17)31-16-22(28)27-15-23(29)32-25(19-11-13-20(26)14-12-19)24(30)18-8-3-2-4-9-18/h2-14,25H,15-16H2,1H3,(H,27,28). The number of hydrogen-bond donors (Lipinski definition) is 1.